The molecule has 1 aromatic carbocycles. The molecule has 0 amide bonds. The molecule has 130 valence electrons. The lowest BCUT2D eigenvalue weighted by atomic mass is 10.0. The lowest BCUT2D eigenvalue weighted by Gasteiger charge is -2.34. The summed E-state index contributed by atoms with van der Waals surface area (Å²) >= 11 is 1.61. The van der Waals surface area contributed by atoms with Gasteiger partial charge in [-0.15, -0.1) is 11.3 Å². The van der Waals surface area contributed by atoms with Crippen LogP contribution in [0, 0.1) is 0 Å². The molecular weight excluding hydrogens is 359 g/mol. The van der Waals surface area contributed by atoms with E-state index in [9.17, 15) is 21.6 Å². The molecule has 1 unspecified atom stereocenters. The van der Waals surface area contributed by atoms with Gasteiger partial charge in [0.1, 0.15) is 0 Å². The summed E-state index contributed by atoms with van der Waals surface area (Å²) in [7, 11) is -3.84. The van der Waals surface area contributed by atoms with Gasteiger partial charge in [0.05, 0.1) is 16.5 Å². The maximum atomic E-state index is 12.9. The van der Waals surface area contributed by atoms with Gasteiger partial charge in [-0.1, -0.05) is 6.92 Å². The quantitative estimate of drug-likeness (QED) is 0.794. The zero-order chi connectivity index (χ0) is 17.5. The normalized spacial score (nSPS) is 19.2. The van der Waals surface area contributed by atoms with Gasteiger partial charge >= 0.3 is 6.18 Å². The average molecular weight is 375 g/mol. The van der Waals surface area contributed by atoms with Gasteiger partial charge in [-0.2, -0.15) is 17.5 Å². The van der Waals surface area contributed by atoms with Gasteiger partial charge in [0.15, 0.2) is 0 Å². The summed E-state index contributed by atoms with van der Waals surface area (Å²) in [5.74, 6) is 0. The molecule has 0 N–H and O–H groups in total. The largest absolute Gasteiger partial charge is 0.416 e. The van der Waals surface area contributed by atoms with Crippen molar-refractivity contribution in [1.82, 2.24) is 4.31 Å². The molecule has 1 aliphatic heterocycles. The van der Waals surface area contributed by atoms with E-state index in [1.807, 2.05) is 18.4 Å². The Balaban J connectivity index is 1.96. The second-order valence-corrected chi connectivity index (χ2v) is 8.50. The molecule has 2 aromatic rings. The van der Waals surface area contributed by atoms with Gasteiger partial charge in [0.2, 0.25) is 10.0 Å². The van der Waals surface area contributed by atoms with Crippen LogP contribution in [-0.2, 0) is 22.6 Å². The molecule has 0 saturated heterocycles. The van der Waals surface area contributed by atoms with E-state index < -0.39 is 21.8 Å². The summed E-state index contributed by atoms with van der Waals surface area (Å²) in [6, 6.07) is 5.36. The number of alkyl halides is 3. The van der Waals surface area contributed by atoms with Crippen LogP contribution in [0.3, 0.4) is 0 Å². The fourth-order valence-corrected chi connectivity index (χ4v) is 5.64. The van der Waals surface area contributed by atoms with Crippen LogP contribution in [0.1, 0.15) is 35.4 Å². The Labute approximate surface area is 142 Å². The molecule has 0 spiro atoms. The van der Waals surface area contributed by atoms with Gasteiger partial charge in [-0.05, 0) is 54.1 Å². The molecule has 3 nitrogen and oxygen atoms in total. The van der Waals surface area contributed by atoms with E-state index in [0.717, 1.165) is 29.8 Å². The number of rotatable bonds is 3. The first-order valence-corrected chi connectivity index (χ1v) is 9.82. The van der Waals surface area contributed by atoms with E-state index in [2.05, 4.69) is 0 Å². The van der Waals surface area contributed by atoms with Crippen LogP contribution < -0.4 is 0 Å². The second-order valence-electron chi connectivity index (χ2n) is 5.61. The van der Waals surface area contributed by atoms with Crippen molar-refractivity contribution in [3.8, 4) is 0 Å². The van der Waals surface area contributed by atoms with Gasteiger partial charge < -0.3 is 0 Å². The van der Waals surface area contributed by atoms with Crippen molar-refractivity contribution >= 4 is 21.4 Å². The third-order valence-corrected chi connectivity index (χ3v) is 7.14. The predicted octanol–water partition coefficient (Wildman–Crippen LogP) is 4.47. The molecule has 0 radical (unpaired) electrons. The van der Waals surface area contributed by atoms with Crippen LogP contribution in [0.5, 0.6) is 0 Å². The third kappa shape index (κ3) is 2.98. The lowest BCUT2D eigenvalue weighted by Crippen LogP contribution is -2.39. The Bertz CT molecular complexity index is 826. The standard InChI is InChI=1S/C16H16F3NO2S2/c1-2-14-13-8-10-23-15(13)7-9-20(14)24(21,22)12-5-3-11(4-6-12)16(17,18)19/h3-6,8,10,14H,2,7,9H2,1H3. The molecule has 1 aliphatic rings. The molecule has 24 heavy (non-hydrogen) atoms. The smallest absolute Gasteiger partial charge is 0.207 e. The van der Waals surface area contributed by atoms with E-state index in [1.54, 1.807) is 11.3 Å². The monoisotopic (exact) mass is 375 g/mol. The Hall–Kier alpha value is -1.38. The fourth-order valence-electron chi connectivity index (χ4n) is 3.04. The van der Waals surface area contributed by atoms with Gasteiger partial charge in [0.25, 0.3) is 0 Å². The van der Waals surface area contributed by atoms with E-state index in [0.29, 0.717) is 19.4 Å². The molecule has 2 heterocycles. The SMILES string of the molecule is CCC1c2ccsc2CCN1S(=O)(=O)c1ccc(C(F)(F)F)cc1. The van der Waals surface area contributed by atoms with Crippen LogP contribution in [0.2, 0.25) is 0 Å². The highest BCUT2D eigenvalue weighted by Gasteiger charge is 2.37. The summed E-state index contributed by atoms with van der Waals surface area (Å²) < 4.78 is 65.2. The van der Waals surface area contributed by atoms with Crippen molar-refractivity contribution in [3.63, 3.8) is 0 Å². The highest BCUT2D eigenvalue weighted by atomic mass is 32.2. The maximum absolute atomic E-state index is 12.9. The second kappa shape index (κ2) is 6.16. The number of nitrogens with zero attached hydrogens (tertiary/aromatic N) is 1. The summed E-state index contributed by atoms with van der Waals surface area (Å²) in [6.07, 6.45) is -3.24. The van der Waals surface area contributed by atoms with Crippen molar-refractivity contribution in [1.29, 1.82) is 0 Å². The average Bonchev–Trinajstić information content (AvgIpc) is 3.01. The van der Waals surface area contributed by atoms with Crippen molar-refractivity contribution in [2.45, 2.75) is 36.9 Å². The molecule has 0 fully saturated rings. The molecule has 0 aliphatic carbocycles. The molecule has 3 rings (SSSR count). The number of sulfonamides is 1. The number of thiophene rings is 1. The van der Waals surface area contributed by atoms with E-state index >= 15 is 0 Å². The highest BCUT2D eigenvalue weighted by Crippen LogP contribution is 2.39. The van der Waals surface area contributed by atoms with Crippen molar-refractivity contribution < 1.29 is 21.6 Å². The van der Waals surface area contributed by atoms with Gasteiger partial charge in [0, 0.05) is 11.4 Å². The van der Waals surface area contributed by atoms with Crippen LogP contribution in [0.4, 0.5) is 13.2 Å². The zero-order valence-corrected chi connectivity index (χ0v) is 14.5. The van der Waals surface area contributed by atoms with Crippen LogP contribution in [0.15, 0.2) is 40.6 Å². The summed E-state index contributed by atoms with van der Waals surface area (Å²) in [5, 5.41) is 1.95. The van der Waals surface area contributed by atoms with E-state index in [-0.39, 0.29) is 10.9 Å². The molecular formula is C16H16F3NO2S2. The minimum atomic E-state index is -4.48. The summed E-state index contributed by atoms with van der Waals surface area (Å²) in [6.45, 7) is 2.25. The first kappa shape index (κ1) is 17.4. The topological polar surface area (TPSA) is 37.4 Å². The first-order chi connectivity index (χ1) is 11.2. The zero-order valence-electron chi connectivity index (χ0n) is 12.9. The Morgan fingerprint density at radius 2 is 1.88 bits per heavy atom. The first-order valence-electron chi connectivity index (χ1n) is 7.50. The van der Waals surface area contributed by atoms with Crippen molar-refractivity contribution in [2.24, 2.45) is 0 Å². The van der Waals surface area contributed by atoms with Crippen molar-refractivity contribution in [3.05, 3.63) is 51.7 Å². The van der Waals surface area contributed by atoms with Gasteiger partial charge in [-0.25, -0.2) is 8.42 Å². The minimum Gasteiger partial charge on any atom is -0.207 e. The van der Waals surface area contributed by atoms with Gasteiger partial charge in [-0.3, -0.25) is 0 Å². The number of halogens is 3. The minimum absolute atomic E-state index is 0.104. The lowest BCUT2D eigenvalue weighted by molar-refractivity contribution is -0.137. The number of benzene rings is 1. The number of hydrogen-bond donors (Lipinski definition) is 0. The maximum Gasteiger partial charge on any atom is 0.416 e. The molecule has 0 bridgehead atoms. The van der Waals surface area contributed by atoms with E-state index in [1.165, 1.54) is 9.18 Å². The molecule has 1 atom stereocenters. The Morgan fingerprint density at radius 1 is 1.21 bits per heavy atom. The summed E-state index contributed by atoms with van der Waals surface area (Å²) in [5.41, 5.74) is 0.150. The Kier molecular flexibility index (Phi) is 4.48. The molecule has 8 heteroatoms. The van der Waals surface area contributed by atoms with E-state index in [4.69, 9.17) is 0 Å². The van der Waals surface area contributed by atoms with Crippen LogP contribution >= 0.6 is 11.3 Å². The van der Waals surface area contributed by atoms with Crippen LogP contribution in [0.25, 0.3) is 0 Å². The molecule has 1 aromatic heterocycles. The predicted molar refractivity (Wildman–Crippen MR) is 86.4 cm³/mol. The summed E-state index contributed by atoms with van der Waals surface area (Å²) in [4.78, 5) is 1.08. The van der Waals surface area contributed by atoms with Crippen molar-refractivity contribution in [2.75, 3.05) is 6.54 Å². The third-order valence-electron chi connectivity index (χ3n) is 4.22. The van der Waals surface area contributed by atoms with Crippen LogP contribution in [-0.4, -0.2) is 19.3 Å². The fraction of sp³-hybridized carbons (Fsp3) is 0.375. The number of hydrogen-bond acceptors (Lipinski definition) is 3. The highest BCUT2D eigenvalue weighted by molar-refractivity contribution is 7.89. The molecule has 0 saturated carbocycles. The number of fused-ring (bicyclic) bond motifs is 1. The Morgan fingerprint density at radius 3 is 2.46 bits per heavy atom.